The molecule has 1 N–H and O–H groups in total. The Morgan fingerprint density at radius 3 is 2.47 bits per heavy atom. The van der Waals surface area contributed by atoms with Crippen LogP contribution < -0.4 is 5.32 Å². The number of hydrogen-bond acceptors (Lipinski definition) is 4. The molecular weight excluding hydrogens is 218 g/mol. The van der Waals surface area contributed by atoms with Crippen molar-refractivity contribution in [2.24, 2.45) is 0 Å². The van der Waals surface area contributed by atoms with Crippen molar-refractivity contribution >= 4 is 5.91 Å². The van der Waals surface area contributed by atoms with Crippen LogP contribution in [0.5, 0.6) is 0 Å². The molecule has 0 bridgehead atoms. The maximum Gasteiger partial charge on any atom is 0.234 e. The molecule has 0 aliphatic carbocycles. The summed E-state index contributed by atoms with van der Waals surface area (Å²) in [4.78, 5) is 16.2. The van der Waals surface area contributed by atoms with Gasteiger partial charge < -0.3 is 15.0 Å². The lowest BCUT2D eigenvalue weighted by Crippen LogP contribution is -2.49. The zero-order valence-electron chi connectivity index (χ0n) is 11.1. The summed E-state index contributed by atoms with van der Waals surface area (Å²) in [7, 11) is 1.68. The van der Waals surface area contributed by atoms with Gasteiger partial charge in [0, 0.05) is 46.4 Å². The Labute approximate surface area is 104 Å². The number of nitrogens with zero attached hydrogens (tertiary/aromatic N) is 2. The molecule has 1 saturated heterocycles. The molecular formula is C12H25N3O2. The number of carbonyl (C=O) groups excluding carboxylic acids is 1. The normalized spacial score (nSPS) is 18.2. The lowest BCUT2D eigenvalue weighted by atomic mass is 10.3. The monoisotopic (exact) mass is 243 g/mol. The van der Waals surface area contributed by atoms with Crippen molar-refractivity contribution in [2.75, 3.05) is 59.5 Å². The maximum atomic E-state index is 11.6. The first kappa shape index (κ1) is 14.4. The van der Waals surface area contributed by atoms with Crippen LogP contribution in [0.1, 0.15) is 13.3 Å². The second kappa shape index (κ2) is 8.44. The summed E-state index contributed by atoms with van der Waals surface area (Å²) in [5.74, 6) is 0.131. The summed E-state index contributed by atoms with van der Waals surface area (Å²) >= 11 is 0. The van der Waals surface area contributed by atoms with Crippen LogP contribution in [0, 0.1) is 0 Å². The largest absolute Gasteiger partial charge is 0.385 e. The number of hydrogen-bond donors (Lipinski definition) is 1. The van der Waals surface area contributed by atoms with Crippen LogP contribution in [0.2, 0.25) is 0 Å². The number of ether oxygens (including phenoxy) is 1. The van der Waals surface area contributed by atoms with Gasteiger partial charge in [-0.25, -0.2) is 0 Å². The van der Waals surface area contributed by atoms with Crippen LogP contribution in [-0.2, 0) is 9.53 Å². The molecule has 0 aromatic heterocycles. The van der Waals surface area contributed by atoms with E-state index in [1.165, 1.54) is 0 Å². The van der Waals surface area contributed by atoms with Crippen molar-refractivity contribution in [3.63, 3.8) is 0 Å². The molecule has 5 nitrogen and oxygen atoms in total. The zero-order valence-corrected chi connectivity index (χ0v) is 11.1. The lowest BCUT2D eigenvalue weighted by molar-refractivity contribution is -0.122. The highest BCUT2D eigenvalue weighted by Gasteiger charge is 2.17. The van der Waals surface area contributed by atoms with Crippen LogP contribution >= 0.6 is 0 Å². The average molecular weight is 243 g/mol. The molecule has 1 amide bonds. The van der Waals surface area contributed by atoms with Crippen LogP contribution in [0.3, 0.4) is 0 Å². The van der Waals surface area contributed by atoms with Gasteiger partial charge in [-0.1, -0.05) is 6.92 Å². The summed E-state index contributed by atoms with van der Waals surface area (Å²) < 4.78 is 4.93. The number of carbonyl (C=O) groups is 1. The standard InChI is InChI=1S/C12H25N3O2/c1-3-14-6-8-15(9-7-14)11-12(16)13-5-4-10-17-2/h3-11H2,1-2H3,(H,13,16). The second-order valence-electron chi connectivity index (χ2n) is 4.41. The van der Waals surface area contributed by atoms with Crippen molar-refractivity contribution < 1.29 is 9.53 Å². The van der Waals surface area contributed by atoms with Crippen molar-refractivity contribution in [1.29, 1.82) is 0 Å². The number of piperazine rings is 1. The Hall–Kier alpha value is -0.650. The molecule has 0 radical (unpaired) electrons. The smallest absolute Gasteiger partial charge is 0.234 e. The Balaban J connectivity index is 2.06. The van der Waals surface area contributed by atoms with Gasteiger partial charge in [-0.3, -0.25) is 9.69 Å². The van der Waals surface area contributed by atoms with Crippen LogP contribution in [-0.4, -0.2) is 75.2 Å². The van der Waals surface area contributed by atoms with Gasteiger partial charge in [-0.05, 0) is 13.0 Å². The molecule has 1 fully saturated rings. The Kier molecular flexibility index (Phi) is 7.16. The lowest BCUT2D eigenvalue weighted by Gasteiger charge is -2.33. The fourth-order valence-electron chi connectivity index (χ4n) is 1.97. The van der Waals surface area contributed by atoms with Crippen molar-refractivity contribution in [1.82, 2.24) is 15.1 Å². The molecule has 1 rings (SSSR count). The predicted molar refractivity (Wildman–Crippen MR) is 68.1 cm³/mol. The number of methoxy groups -OCH3 is 1. The van der Waals surface area contributed by atoms with E-state index < -0.39 is 0 Å². The summed E-state index contributed by atoms with van der Waals surface area (Å²) in [5.41, 5.74) is 0. The van der Waals surface area contributed by atoms with Crippen LogP contribution in [0.4, 0.5) is 0 Å². The molecule has 5 heteroatoms. The van der Waals surface area contributed by atoms with E-state index in [4.69, 9.17) is 4.74 Å². The molecule has 0 aromatic rings. The molecule has 0 aromatic carbocycles. The minimum absolute atomic E-state index is 0.131. The molecule has 0 spiro atoms. The van der Waals surface area contributed by atoms with Crippen molar-refractivity contribution in [3.8, 4) is 0 Å². The average Bonchev–Trinajstić information content (AvgIpc) is 2.36. The van der Waals surface area contributed by atoms with E-state index in [0.29, 0.717) is 19.7 Å². The molecule has 0 saturated carbocycles. The molecule has 1 aliphatic rings. The Morgan fingerprint density at radius 2 is 1.88 bits per heavy atom. The second-order valence-corrected chi connectivity index (χ2v) is 4.41. The van der Waals surface area contributed by atoms with Crippen LogP contribution in [0.25, 0.3) is 0 Å². The van der Waals surface area contributed by atoms with Gasteiger partial charge in [0.15, 0.2) is 0 Å². The predicted octanol–water partition coefficient (Wildman–Crippen LogP) is -0.223. The Morgan fingerprint density at radius 1 is 1.24 bits per heavy atom. The van der Waals surface area contributed by atoms with Crippen LogP contribution in [0.15, 0.2) is 0 Å². The quantitative estimate of drug-likeness (QED) is 0.628. The summed E-state index contributed by atoms with van der Waals surface area (Å²) in [6.07, 6.45) is 0.881. The minimum Gasteiger partial charge on any atom is -0.385 e. The SMILES string of the molecule is CCN1CCN(CC(=O)NCCCOC)CC1. The van der Waals surface area contributed by atoms with Gasteiger partial charge in [-0.2, -0.15) is 0 Å². The van der Waals surface area contributed by atoms with Gasteiger partial charge >= 0.3 is 0 Å². The topological polar surface area (TPSA) is 44.8 Å². The molecule has 1 aliphatic heterocycles. The van der Waals surface area contributed by atoms with Gasteiger partial charge in [0.05, 0.1) is 6.54 Å². The van der Waals surface area contributed by atoms with E-state index in [0.717, 1.165) is 39.1 Å². The number of nitrogens with one attached hydrogen (secondary N) is 1. The highest BCUT2D eigenvalue weighted by molar-refractivity contribution is 5.77. The number of amides is 1. The fourth-order valence-corrected chi connectivity index (χ4v) is 1.97. The first-order valence-corrected chi connectivity index (χ1v) is 6.46. The first-order valence-electron chi connectivity index (χ1n) is 6.46. The van der Waals surface area contributed by atoms with E-state index in [1.807, 2.05) is 0 Å². The number of likely N-dealkylation sites (N-methyl/N-ethyl adjacent to an activating group) is 1. The van der Waals surface area contributed by atoms with Gasteiger partial charge in [0.2, 0.25) is 5.91 Å². The van der Waals surface area contributed by atoms with E-state index in [-0.39, 0.29) is 5.91 Å². The Bertz CT molecular complexity index is 216. The third-order valence-electron chi connectivity index (χ3n) is 3.13. The van der Waals surface area contributed by atoms with E-state index in [1.54, 1.807) is 7.11 Å². The molecule has 1 heterocycles. The fraction of sp³-hybridized carbons (Fsp3) is 0.917. The highest BCUT2D eigenvalue weighted by Crippen LogP contribution is 2.00. The molecule has 0 atom stereocenters. The minimum atomic E-state index is 0.131. The molecule has 0 unspecified atom stereocenters. The van der Waals surface area contributed by atoms with Crippen molar-refractivity contribution in [3.05, 3.63) is 0 Å². The number of rotatable bonds is 7. The summed E-state index contributed by atoms with van der Waals surface area (Å²) in [6, 6.07) is 0. The van der Waals surface area contributed by atoms with Gasteiger partial charge in [-0.15, -0.1) is 0 Å². The van der Waals surface area contributed by atoms with E-state index in [2.05, 4.69) is 22.0 Å². The highest BCUT2D eigenvalue weighted by atomic mass is 16.5. The maximum absolute atomic E-state index is 11.6. The molecule has 100 valence electrons. The zero-order chi connectivity index (χ0) is 12.5. The first-order chi connectivity index (χ1) is 8.26. The van der Waals surface area contributed by atoms with E-state index >= 15 is 0 Å². The van der Waals surface area contributed by atoms with Gasteiger partial charge in [0.25, 0.3) is 0 Å². The third-order valence-corrected chi connectivity index (χ3v) is 3.13. The molecule has 17 heavy (non-hydrogen) atoms. The summed E-state index contributed by atoms with van der Waals surface area (Å²) in [5, 5.41) is 2.92. The summed E-state index contributed by atoms with van der Waals surface area (Å²) in [6.45, 7) is 9.39. The third kappa shape index (κ3) is 6.00. The van der Waals surface area contributed by atoms with Gasteiger partial charge in [0.1, 0.15) is 0 Å². The van der Waals surface area contributed by atoms with E-state index in [9.17, 15) is 4.79 Å². The van der Waals surface area contributed by atoms with Crippen molar-refractivity contribution in [2.45, 2.75) is 13.3 Å².